The van der Waals surface area contributed by atoms with Crippen molar-refractivity contribution >= 4 is 35.0 Å². The van der Waals surface area contributed by atoms with Gasteiger partial charge in [-0.2, -0.15) is 0 Å². The van der Waals surface area contributed by atoms with Crippen LogP contribution in [0.15, 0.2) is 109 Å². The number of hydrogen-bond donors (Lipinski definition) is 8. The van der Waals surface area contributed by atoms with Crippen molar-refractivity contribution in [3.63, 3.8) is 0 Å². The van der Waals surface area contributed by atoms with Gasteiger partial charge in [-0.05, 0) is 48.2 Å². The Bertz CT molecular complexity index is 1560. The molecule has 0 heterocycles. The van der Waals surface area contributed by atoms with E-state index >= 15 is 0 Å². The third-order valence-corrected chi connectivity index (χ3v) is 7.58. The van der Waals surface area contributed by atoms with E-state index in [0.29, 0.717) is 0 Å². The summed E-state index contributed by atoms with van der Waals surface area (Å²) in [5.41, 5.74) is 1.90. The molecule has 0 aliphatic carbocycles. The fourth-order valence-electron chi connectivity index (χ4n) is 5.18. The van der Waals surface area contributed by atoms with Crippen molar-refractivity contribution in [3.05, 3.63) is 131 Å². The number of aliphatic hydroxyl groups excluding tert-OH is 4. The molecule has 0 bridgehead atoms. The average Bonchev–Trinajstić information content (AvgIpc) is 3.11. The van der Waals surface area contributed by atoms with E-state index < -0.39 is 61.1 Å². The van der Waals surface area contributed by atoms with Crippen LogP contribution in [-0.4, -0.2) is 81.6 Å². The first-order valence-corrected chi connectivity index (χ1v) is 15.2. The minimum Gasteiger partial charge on any atom is -0.388 e. The summed E-state index contributed by atoms with van der Waals surface area (Å²) in [6.07, 6.45) is -3.05. The predicted molar refractivity (Wildman–Crippen MR) is 179 cm³/mol. The second-order valence-electron chi connectivity index (χ2n) is 11.0. The quantitative estimate of drug-likeness (QED) is 0.0947. The Morgan fingerprint density at radius 3 is 1.19 bits per heavy atom. The number of rotatable bonds is 15. The summed E-state index contributed by atoms with van der Waals surface area (Å²) in [5, 5.41) is 52.3. The maximum absolute atomic E-state index is 13.6. The average molecular weight is 655 g/mol. The monoisotopic (exact) mass is 654 g/mol. The summed E-state index contributed by atoms with van der Waals surface area (Å²) in [4.78, 5) is 51.0. The molecule has 250 valence electrons. The number of benzene rings is 4. The highest BCUT2D eigenvalue weighted by Gasteiger charge is 2.35. The van der Waals surface area contributed by atoms with Gasteiger partial charge in [0.05, 0.1) is 34.6 Å². The van der Waals surface area contributed by atoms with Gasteiger partial charge in [-0.1, -0.05) is 84.9 Å². The summed E-state index contributed by atoms with van der Waals surface area (Å²) in [5.74, 6) is -2.76. The highest BCUT2D eigenvalue weighted by Crippen LogP contribution is 2.20. The van der Waals surface area contributed by atoms with Crippen molar-refractivity contribution in [3.8, 4) is 0 Å². The molecule has 4 aromatic carbocycles. The van der Waals surface area contributed by atoms with Crippen molar-refractivity contribution in [2.75, 3.05) is 23.8 Å². The molecule has 0 aliphatic heterocycles. The maximum atomic E-state index is 13.6. The van der Waals surface area contributed by atoms with E-state index in [2.05, 4.69) is 21.3 Å². The van der Waals surface area contributed by atoms with E-state index in [-0.39, 0.29) is 35.3 Å². The van der Waals surface area contributed by atoms with Crippen LogP contribution in [0, 0.1) is 0 Å². The zero-order valence-corrected chi connectivity index (χ0v) is 26.0. The number of anilines is 2. The lowest BCUT2D eigenvalue weighted by molar-refractivity contribution is -0.119. The molecule has 4 aromatic rings. The van der Waals surface area contributed by atoms with Crippen LogP contribution in [-0.2, 0) is 22.4 Å². The first-order valence-electron chi connectivity index (χ1n) is 15.2. The molecule has 0 saturated heterocycles. The fraction of sp³-hybridized carbons (Fsp3) is 0.222. The second-order valence-corrected chi connectivity index (χ2v) is 11.0. The van der Waals surface area contributed by atoms with E-state index in [0.717, 1.165) is 11.1 Å². The van der Waals surface area contributed by atoms with Crippen LogP contribution in [0.1, 0.15) is 31.8 Å². The van der Waals surface area contributed by atoms with Crippen LogP contribution in [0.3, 0.4) is 0 Å². The molecule has 12 nitrogen and oxygen atoms in total. The first kappa shape index (κ1) is 35.5. The van der Waals surface area contributed by atoms with Gasteiger partial charge < -0.3 is 41.7 Å². The molecule has 0 aromatic heterocycles. The van der Waals surface area contributed by atoms with Crippen molar-refractivity contribution < 1.29 is 39.6 Å². The van der Waals surface area contributed by atoms with E-state index in [9.17, 15) is 39.6 Å². The number of para-hydroxylation sites is 2. The molecular weight excluding hydrogens is 616 g/mol. The number of amides is 4. The Labute approximate surface area is 277 Å². The van der Waals surface area contributed by atoms with Gasteiger partial charge in [-0.15, -0.1) is 0 Å². The number of carbonyl (C=O) groups is 4. The molecule has 8 N–H and O–H groups in total. The van der Waals surface area contributed by atoms with Gasteiger partial charge in [-0.3, -0.25) is 19.2 Å². The van der Waals surface area contributed by atoms with E-state index in [1.165, 1.54) is 24.3 Å². The zero-order valence-electron chi connectivity index (χ0n) is 26.0. The molecule has 0 spiro atoms. The van der Waals surface area contributed by atoms with Crippen LogP contribution in [0.25, 0.3) is 0 Å². The Morgan fingerprint density at radius 1 is 0.500 bits per heavy atom. The van der Waals surface area contributed by atoms with Crippen molar-refractivity contribution in [1.29, 1.82) is 0 Å². The van der Waals surface area contributed by atoms with Crippen LogP contribution in [0.4, 0.5) is 11.4 Å². The predicted octanol–water partition coefficient (Wildman–Crippen LogP) is 1.65. The third-order valence-electron chi connectivity index (χ3n) is 7.58. The van der Waals surface area contributed by atoms with Gasteiger partial charge in [-0.25, -0.2) is 0 Å². The van der Waals surface area contributed by atoms with E-state index in [1.807, 2.05) is 12.1 Å². The molecule has 4 amide bonds. The lowest BCUT2D eigenvalue weighted by atomic mass is 9.90. The van der Waals surface area contributed by atoms with Crippen LogP contribution in [0.5, 0.6) is 0 Å². The lowest BCUT2D eigenvalue weighted by Crippen LogP contribution is -2.57. The Balaban J connectivity index is 1.65. The van der Waals surface area contributed by atoms with Crippen LogP contribution < -0.4 is 21.3 Å². The standard InChI is InChI=1S/C36H38N4O8/c41-21-31(43)37-27-17-9-7-15-25(27)35(47)39-29(19-23-11-3-1-4-12-23)33(45)34(46)30(20-24-13-5-2-6-14-24)40-36(48)26-16-8-10-18-28(26)38-32(44)22-42/h1-18,29-30,33-34,41-42,45-46H,19-22H2,(H,37,43)(H,38,44)(H,39,47)(H,40,48). The van der Waals surface area contributed by atoms with Crippen LogP contribution >= 0.6 is 0 Å². The molecular formula is C36H38N4O8. The number of nitrogens with one attached hydrogen (secondary N) is 4. The molecule has 48 heavy (non-hydrogen) atoms. The van der Waals surface area contributed by atoms with Gasteiger partial charge in [0, 0.05) is 0 Å². The summed E-state index contributed by atoms with van der Waals surface area (Å²) in [6.45, 7) is -1.57. The molecule has 4 rings (SSSR count). The minimum absolute atomic E-state index is 0.0646. The highest BCUT2D eigenvalue weighted by molar-refractivity contribution is 6.05. The topological polar surface area (TPSA) is 197 Å². The summed E-state index contributed by atoms with van der Waals surface area (Å²) in [7, 11) is 0. The van der Waals surface area contributed by atoms with Gasteiger partial charge in [0.1, 0.15) is 25.4 Å². The summed E-state index contributed by atoms with van der Waals surface area (Å²) < 4.78 is 0. The number of hydrogen-bond acceptors (Lipinski definition) is 8. The molecule has 0 saturated carbocycles. The third kappa shape index (κ3) is 9.80. The van der Waals surface area contributed by atoms with Gasteiger partial charge in [0.15, 0.2) is 0 Å². The normalized spacial score (nSPS) is 13.3. The van der Waals surface area contributed by atoms with Crippen LogP contribution in [0.2, 0.25) is 0 Å². The summed E-state index contributed by atoms with van der Waals surface area (Å²) >= 11 is 0. The van der Waals surface area contributed by atoms with Crippen molar-refractivity contribution in [2.45, 2.75) is 37.1 Å². The Morgan fingerprint density at radius 2 is 0.833 bits per heavy atom. The highest BCUT2D eigenvalue weighted by atomic mass is 16.3. The second kappa shape index (κ2) is 17.5. The maximum Gasteiger partial charge on any atom is 0.253 e. The number of carbonyl (C=O) groups excluding carboxylic acids is 4. The Kier molecular flexibility index (Phi) is 12.9. The number of aliphatic hydroxyl groups is 4. The lowest BCUT2D eigenvalue weighted by Gasteiger charge is -2.33. The minimum atomic E-state index is -1.62. The molecule has 12 heteroatoms. The van der Waals surface area contributed by atoms with E-state index in [4.69, 9.17) is 0 Å². The summed E-state index contributed by atoms with van der Waals surface area (Å²) in [6, 6.07) is 28.2. The van der Waals surface area contributed by atoms with Crippen molar-refractivity contribution in [1.82, 2.24) is 10.6 Å². The SMILES string of the molecule is O=C(CO)Nc1ccccc1C(=O)NC(Cc1ccccc1)C(O)C(O)C(Cc1ccccc1)NC(=O)c1ccccc1NC(=O)CO. The smallest absolute Gasteiger partial charge is 0.253 e. The van der Waals surface area contributed by atoms with Gasteiger partial charge in [0.2, 0.25) is 11.8 Å². The Hall–Kier alpha value is -5.40. The van der Waals surface area contributed by atoms with Gasteiger partial charge >= 0.3 is 0 Å². The molecule has 0 aliphatic rings. The van der Waals surface area contributed by atoms with Crippen molar-refractivity contribution in [2.24, 2.45) is 0 Å². The fourth-order valence-corrected chi connectivity index (χ4v) is 5.18. The molecule has 0 fully saturated rings. The molecule has 4 atom stereocenters. The zero-order chi connectivity index (χ0) is 34.5. The molecule has 4 unspecified atom stereocenters. The molecule has 0 radical (unpaired) electrons. The largest absolute Gasteiger partial charge is 0.388 e. The van der Waals surface area contributed by atoms with Gasteiger partial charge in [0.25, 0.3) is 11.8 Å². The van der Waals surface area contributed by atoms with E-state index in [1.54, 1.807) is 72.8 Å². The first-order chi connectivity index (χ1) is 23.2.